The molecule has 2 heterocycles. The van der Waals surface area contributed by atoms with Crippen LogP contribution in [0.4, 0.5) is 10.5 Å². The highest BCUT2D eigenvalue weighted by atomic mass is 16.5. The molecule has 2 saturated heterocycles. The number of amides is 4. The standard InChI is InChI=1S/C21H23N3O4/c25-19(22-13-14-8-10-28-11-9-14)12-17-20(26)24(21(27)23-17)18-7-3-5-15-4-1-2-6-16(15)18/h1-7,14,17H,8-13H2,(H,22,25)(H,23,27)/t17-/m1/s1. The molecule has 2 aromatic rings. The Hall–Kier alpha value is -2.93. The number of nitrogens with one attached hydrogen (secondary N) is 2. The molecule has 2 aromatic carbocycles. The number of rotatable bonds is 5. The maximum Gasteiger partial charge on any atom is 0.329 e. The van der Waals surface area contributed by atoms with Crippen molar-refractivity contribution in [3.05, 3.63) is 42.5 Å². The van der Waals surface area contributed by atoms with Crippen molar-refractivity contribution in [2.24, 2.45) is 5.92 Å². The van der Waals surface area contributed by atoms with Gasteiger partial charge >= 0.3 is 6.03 Å². The number of anilines is 1. The quantitative estimate of drug-likeness (QED) is 0.778. The van der Waals surface area contributed by atoms with E-state index in [9.17, 15) is 14.4 Å². The number of fused-ring (bicyclic) bond motifs is 1. The van der Waals surface area contributed by atoms with E-state index in [0.717, 1.165) is 41.7 Å². The molecule has 7 heteroatoms. The summed E-state index contributed by atoms with van der Waals surface area (Å²) in [6.07, 6.45) is 1.79. The Morgan fingerprint density at radius 1 is 1.11 bits per heavy atom. The molecule has 0 radical (unpaired) electrons. The molecule has 0 aromatic heterocycles. The summed E-state index contributed by atoms with van der Waals surface area (Å²) in [6, 6.07) is 11.7. The van der Waals surface area contributed by atoms with Gasteiger partial charge in [0.25, 0.3) is 5.91 Å². The molecular formula is C21H23N3O4. The smallest absolute Gasteiger partial charge is 0.329 e. The monoisotopic (exact) mass is 381 g/mol. The molecule has 2 aliphatic heterocycles. The predicted molar refractivity (Wildman–Crippen MR) is 105 cm³/mol. The minimum atomic E-state index is -0.846. The normalized spacial score (nSPS) is 20.4. The van der Waals surface area contributed by atoms with Gasteiger partial charge in [-0.2, -0.15) is 0 Å². The van der Waals surface area contributed by atoms with Crippen LogP contribution in [0.2, 0.25) is 0 Å². The number of hydrogen-bond donors (Lipinski definition) is 2. The molecule has 146 valence electrons. The number of imide groups is 1. The van der Waals surface area contributed by atoms with E-state index in [2.05, 4.69) is 10.6 Å². The van der Waals surface area contributed by atoms with Crippen molar-refractivity contribution in [1.82, 2.24) is 10.6 Å². The lowest BCUT2D eigenvalue weighted by Gasteiger charge is -2.22. The van der Waals surface area contributed by atoms with Gasteiger partial charge in [-0.1, -0.05) is 36.4 Å². The molecule has 2 aliphatic rings. The number of nitrogens with zero attached hydrogens (tertiary/aromatic N) is 1. The van der Waals surface area contributed by atoms with Crippen molar-refractivity contribution >= 4 is 34.3 Å². The van der Waals surface area contributed by atoms with E-state index in [1.165, 1.54) is 0 Å². The number of ether oxygens (including phenoxy) is 1. The molecule has 0 unspecified atom stereocenters. The average Bonchev–Trinajstić information content (AvgIpc) is 2.99. The molecule has 2 N–H and O–H groups in total. The van der Waals surface area contributed by atoms with Gasteiger partial charge in [-0.25, -0.2) is 9.69 Å². The lowest BCUT2D eigenvalue weighted by Crippen LogP contribution is -2.38. The summed E-state index contributed by atoms with van der Waals surface area (Å²) in [6.45, 7) is 2.01. The molecule has 7 nitrogen and oxygen atoms in total. The Bertz CT molecular complexity index is 902. The third-order valence-electron chi connectivity index (χ3n) is 5.35. The zero-order valence-electron chi connectivity index (χ0n) is 15.5. The molecule has 0 saturated carbocycles. The first-order chi connectivity index (χ1) is 13.6. The first-order valence-electron chi connectivity index (χ1n) is 9.60. The number of carbonyl (C=O) groups excluding carboxylic acids is 3. The van der Waals surface area contributed by atoms with E-state index < -0.39 is 18.0 Å². The van der Waals surface area contributed by atoms with Crippen LogP contribution in [-0.4, -0.2) is 43.6 Å². The molecule has 28 heavy (non-hydrogen) atoms. The maximum absolute atomic E-state index is 12.8. The van der Waals surface area contributed by atoms with E-state index in [1.807, 2.05) is 36.4 Å². The fraction of sp³-hybridized carbons (Fsp3) is 0.381. The zero-order valence-corrected chi connectivity index (χ0v) is 15.5. The molecule has 0 spiro atoms. The van der Waals surface area contributed by atoms with Crippen LogP contribution in [-0.2, 0) is 14.3 Å². The number of hydrogen-bond acceptors (Lipinski definition) is 4. The number of urea groups is 1. The highest BCUT2D eigenvalue weighted by Gasteiger charge is 2.40. The van der Waals surface area contributed by atoms with Gasteiger partial charge in [0.05, 0.1) is 12.1 Å². The van der Waals surface area contributed by atoms with Gasteiger partial charge in [0.1, 0.15) is 6.04 Å². The molecule has 1 atom stereocenters. The van der Waals surface area contributed by atoms with Crippen LogP contribution in [0.1, 0.15) is 19.3 Å². The number of benzene rings is 2. The summed E-state index contributed by atoms with van der Waals surface area (Å²) in [5.74, 6) is -0.230. The largest absolute Gasteiger partial charge is 0.381 e. The fourth-order valence-electron chi connectivity index (χ4n) is 3.77. The Balaban J connectivity index is 1.43. The summed E-state index contributed by atoms with van der Waals surface area (Å²) in [5, 5.41) is 7.29. The van der Waals surface area contributed by atoms with Crippen molar-refractivity contribution in [2.45, 2.75) is 25.3 Å². The Morgan fingerprint density at radius 2 is 1.86 bits per heavy atom. The Kier molecular flexibility index (Phi) is 5.25. The molecule has 4 rings (SSSR count). The van der Waals surface area contributed by atoms with E-state index in [1.54, 1.807) is 6.07 Å². The zero-order chi connectivity index (χ0) is 19.5. The van der Waals surface area contributed by atoms with Crippen LogP contribution >= 0.6 is 0 Å². The van der Waals surface area contributed by atoms with Gasteiger partial charge in [-0.3, -0.25) is 9.59 Å². The van der Waals surface area contributed by atoms with Gasteiger partial charge in [-0.15, -0.1) is 0 Å². The van der Waals surface area contributed by atoms with Gasteiger partial charge in [-0.05, 0) is 30.2 Å². The van der Waals surface area contributed by atoms with Crippen LogP contribution in [0.15, 0.2) is 42.5 Å². The molecule has 2 fully saturated rings. The van der Waals surface area contributed by atoms with Crippen molar-refractivity contribution in [3.63, 3.8) is 0 Å². The lowest BCUT2D eigenvalue weighted by atomic mass is 10.0. The predicted octanol–water partition coefficient (Wildman–Crippen LogP) is 2.20. The van der Waals surface area contributed by atoms with E-state index in [4.69, 9.17) is 4.74 Å². The average molecular weight is 381 g/mol. The third-order valence-corrected chi connectivity index (χ3v) is 5.35. The van der Waals surface area contributed by atoms with Gasteiger partial charge < -0.3 is 15.4 Å². The molecule has 0 bridgehead atoms. The summed E-state index contributed by atoms with van der Waals surface area (Å²) in [5.41, 5.74) is 0.533. The first kappa shape index (κ1) is 18.4. The van der Waals surface area contributed by atoms with Gasteiger partial charge in [0.2, 0.25) is 5.91 Å². The first-order valence-corrected chi connectivity index (χ1v) is 9.60. The fourth-order valence-corrected chi connectivity index (χ4v) is 3.77. The second-order valence-electron chi connectivity index (χ2n) is 7.24. The molecule has 0 aliphatic carbocycles. The minimum absolute atomic E-state index is 0.0605. The second kappa shape index (κ2) is 7.98. The van der Waals surface area contributed by atoms with Crippen molar-refractivity contribution < 1.29 is 19.1 Å². The highest BCUT2D eigenvalue weighted by Crippen LogP contribution is 2.29. The van der Waals surface area contributed by atoms with E-state index in [-0.39, 0.29) is 12.3 Å². The van der Waals surface area contributed by atoms with Crippen LogP contribution in [0, 0.1) is 5.92 Å². The van der Waals surface area contributed by atoms with Gasteiger partial charge in [0.15, 0.2) is 0 Å². The van der Waals surface area contributed by atoms with E-state index in [0.29, 0.717) is 18.2 Å². The summed E-state index contributed by atoms with van der Waals surface area (Å²) >= 11 is 0. The SMILES string of the molecule is O=C(C[C@H]1NC(=O)N(c2cccc3ccccc23)C1=O)NCC1CCOCC1. The summed E-state index contributed by atoms with van der Waals surface area (Å²) in [7, 11) is 0. The van der Waals surface area contributed by atoms with Crippen LogP contribution in [0.25, 0.3) is 10.8 Å². The lowest BCUT2D eigenvalue weighted by molar-refractivity contribution is -0.125. The third kappa shape index (κ3) is 3.71. The van der Waals surface area contributed by atoms with E-state index >= 15 is 0 Å². The summed E-state index contributed by atoms with van der Waals surface area (Å²) in [4.78, 5) is 38.7. The van der Waals surface area contributed by atoms with Crippen LogP contribution < -0.4 is 15.5 Å². The van der Waals surface area contributed by atoms with Gasteiger partial charge in [0, 0.05) is 25.1 Å². The second-order valence-corrected chi connectivity index (χ2v) is 7.24. The number of carbonyl (C=O) groups is 3. The Labute approximate surface area is 163 Å². The Morgan fingerprint density at radius 3 is 2.68 bits per heavy atom. The minimum Gasteiger partial charge on any atom is -0.381 e. The van der Waals surface area contributed by atoms with Crippen LogP contribution in [0.5, 0.6) is 0 Å². The highest BCUT2D eigenvalue weighted by molar-refractivity contribution is 6.24. The molecule has 4 amide bonds. The van der Waals surface area contributed by atoms with Crippen molar-refractivity contribution in [3.8, 4) is 0 Å². The molecular weight excluding hydrogens is 358 g/mol. The topological polar surface area (TPSA) is 87.7 Å². The maximum atomic E-state index is 12.8. The summed E-state index contributed by atoms with van der Waals surface area (Å²) < 4.78 is 5.31. The van der Waals surface area contributed by atoms with Crippen molar-refractivity contribution in [2.75, 3.05) is 24.7 Å². The van der Waals surface area contributed by atoms with Crippen LogP contribution in [0.3, 0.4) is 0 Å². The van der Waals surface area contributed by atoms with Crippen molar-refractivity contribution in [1.29, 1.82) is 0 Å².